The average Bonchev–Trinajstić information content (AvgIpc) is 2.05. The summed E-state index contributed by atoms with van der Waals surface area (Å²) in [5, 5.41) is 1.47. The van der Waals surface area contributed by atoms with Crippen molar-refractivity contribution in [2.24, 2.45) is 0 Å². The van der Waals surface area contributed by atoms with Crippen molar-refractivity contribution >= 4 is 14.0 Å². The third-order valence-corrected chi connectivity index (χ3v) is 3.82. The van der Waals surface area contributed by atoms with Gasteiger partial charge in [0.2, 0.25) is 0 Å². The summed E-state index contributed by atoms with van der Waals surface area (Å²) >= 11 is 0. The van der Waals surface area contributed by atoms with Gasteiger partial charge in [-0.1, -0.05) is 42.1 Å². The van der Waals surface area contributed by atoms with E-state index in [1.807, 2.05) is 6.07 Å². The molecular formula is C9H13FSi. The standard InChI is InChI=1S/C9H12Si.FH/c1-3-10(2)9-7-5-4-6-8-9;/h3-8,10H,1H2,2H3;1H. The number of hydrogen-bond donors (Lipinski definition) is 0. The van der Waals surface area contributed by atoms with Gasteiger partial charge in [0.15, 0.2) is 0 Å². The highest BCUT2D eigenvalue weighted by Gasteiger charge is 1.98. The second kappa shape index (κ2) is 4.85. The van der Waals surface area contributed by atoms with Crippen LogP contribution in [-0.2, 0) is 0 Å². The van der Waals surface area contributed by atoms with Gasteiger partial charge in [-0.05, 0) is 0 Å². The molecule has 2 heteroatoms. The van der Waals surface area contributed by atoms with Crippen LogP contribution < -0.4 is 5.19 Å². The molecule has 0 saturated heterocycles. The van der Waals surface area contributed by atoms with Crippen molar-refractivity contribution in [1.29, 1.82) is 0 Å². The largest absolute Gasteiger partial charge is 0.269 e. The zero-order valence-corrected chi connectivity index (χ0v) is 7.81. The van der Waals surface area contributed by atoms with E-state index in [2.05, 4.69) is 43.1 Å². The average molecular weight is 168 g/mol. The van der Waals surface area contributed by atoms with Crippen LogP contribution >= 0.6 is 0 Å². The van der Waals surface area contributed by atoms with E-state index in [4.69, 9.17) is 0 Å². The van der Waals surface area contributed by atoms with Gasteiger partial charge in [0.05, 0.1) is 8.80 Å². The molecule has 0 saturated carbocycles. The summed E-state index contributed by atoms with van der Waals surface area (Å²) in [6.07, 6.45) is 0. The van der Waals surface area contributed by atoms with Gasteiger partial charge >= 0.3 is 0 Å². The van der Waals surface area contributed by atoms with Crippen molar-refractivity contribution in [2.75, 3.05) is 0 Å². The summed E-state index contributed by atoms with van der Waals surface area (Å²) in [5.41, 5.74) is 2.09. The molecule has 1 atom stereocenters. The summed E-state index contributed by atoms with van der Waals surface area (Å²) < 4.78 is 0. The normalized spacial score (nSPS) is 11.4. The molecule has 0 aromatic heterocycles. The van der Waals surface area contributed by atoms with Crippen LogP contribution in [0.5, 0.6) is 0 Å². The van der Waals surface area contributed by atoms with Crippen molar-refractivity contribution in [3.8, 4) is 0 Å². The molecule has 0 fully saturated rings. The van der Waals surface area contributed by atoms with Crippen LogP contribution in [0.15, 0.2) is 42.6 Å². The number of benzene rings is 1. The first-order chi connectivity index (χ1) is 4.84. The zero-order chi connectivity index (χ0) is 7.40. The number of halogens is 1. The van der Waals surface area contributed by atoms with Crippen molar-refractivity contribution in [3.63, 3.8) is 0 Å². The van der Waals surface area contributed by atoms with Crippen LogP contribution in [-0.4, -0.2) is 8.80 Å². The molecule has 0 N–H and O–H groups in total. The molecule has 0 spiro atoms. The number of rotatable bonds is 2. The predicted octanol–water partition coefficient (Wildman–Crippen LogP) is 1.63. The van der Waals surface area contributed by atoms with Crippen LogP contribution in [0, 0.1) is 0 Å². The van der Waals surface area contributed by atoms with E-state index in [0.29, 0.717) is 0 Å². The van der Waals surface area contributed by atoms with Crippen molar-refractivity contribution in [3.05, 3.63) is 42.6 Å². The lowest BCUT2D eigenvalue weighted by Gasteiger charge is -2.01. The summed E-state index contributed by atoms with van der Waals surface area (Å²) in [6.45, 7) is 6.08. The molecule has 1 unspecified atom stereocenters. The topological polar surface area (TPSA) is 0 Å². The minimum Gasteiger partial charge on any atom is -0.269 e. The molecule has 0 aliphatic rings. The Morgan fingerprint density at radius 1 is 1.27 bits per heavy atom. The Hall–Kier alpha value is -0.893. The Bertz CT molecular complexity index is 208. The summed E-state index contributed by atoms with van der Waals surface area (Å²) in [4.78, 5) is 0. The SMILES string of the molecule is C=C[SiH](C)c1ccccc1.F. The zero-order valence-electron chi connectivity index (χ0n) is 6.66. The molecule has 1 aromatic carbocycles. The van der Waals surface area contributed by atoms with Gasteiger partial charge < -0.3 is 0 Å². The Balaban J connectivity index is 0.000001000. The maximum atomic E-state index is 3.80. The van der Waals surface area contributed by atoms with E-state index in [0.717, 1.165) is 0 Å². The maximum absolute atomic E-state index is 3.80. The summed E-state index contributed by atoms with van der Waals surface area (Å²) in [7, 11) is -0.776. The Morgan fingerprint density at radius 2 is 1.82 bits per heavy atom. The molecule has 0 radical (unpaired) electrons. The second-order valence-electron chi connectivity index (χ2n) is 2.44. The Labute approximate surface area is 68.5 Å². The first-order valence-corrected chi connectivity index (χ1v) is 5.92. The van der Waals surface area contributed by atoms with Crippen molar-refractivity contribution < 1.29 is 4.70 Å². The lowest BCUT2D eigenvalue weighted by Crippen LogP contribution is -2.23. The molecule has 0 heterocycles. The van der Waals surface area contributed by atoms with E-state index >= 15 is 0 Å². The molecule has 1 rings (SSSR count). The van der Waals surface area contributed by atoms with Crippen LogP contribution in [0.3, 0.4) is 0 Å². The van der Waals surface area contributed by atoms with E-state index in [-0.39, 0.29) is 4.70 Å². The summed E-state index contributed by atoms with van der Waals surface area (Å²) in [5.74, 6) is 0. The minimum atomic E-state index is -0.776. The van der Waals surface area contributed by atoms with Crippen molar-refractivity contribution in [1.82, 2.24) is 0 Å². The fourth-order valence-corrected chi connectivity index (χ4v) is 1.99. The quantitative estimate of drug-likeness (QED) is 0.589. The summed E-state index contributed by atoms with van der Waals surface area (Å²) in [6, 6.07) is 10.6. The molecule has 1 aromatic rings. The lowest BCUT2D eigenvalue weighted by molar-refractivity contribution is 1.11. The first-order valence-electron chi connectivity index (χ1n) is 3.52. The van der Waals surface area contributed by atoms with E-state index in [1.54, 1.807) is 0 Å². The van der Waals surface area contributed by atoms with Crippen molar-refractivity contribution in [2.45, 2.75) is 6.55 Å². The van der Waals surface area contributed by atoms with E-state index in [9.17, 15) is 0 Å². The van der Waals surface area contributed by atoms with Gasteiger partial charge in [-0.15, -0.1) is 12.3 Å². The van der Waals surface area contributed by atoms with E-state index in [1.165, 1.54) is 5.19 Å². The molecule has 0 amide bonds. The molecule has 0 nitrogen and oxygen atoms in total. The Kier molecular flexibility index (Phi) is 4.46. The fraction of sp³-hybridized carbons (Fsp3) is 0.111. The molecule has 0 aliphatic heterocycles. The molecule has 0 bridgehead atoms. The minimum absolute atomic E-state index is 0. The third kappa shape index (κ3) is 2.68. The molecule has 11 heavy (non-hydrogen) atoms. The van der Waals surface area contributed by atoms with Crippen LogP contribution in [0.25, 0.3) is 0 Å². The fourth-order valence-electron chi connectivity index (χ4n) is 0.893. The van der Waals surface area contributed by atoms with Gasteiger partial charge in [-0.25, -0.2) is 0 Å². The first kappa shape index (κ1) is 10.1. The van der Waals surface area contributed by atoms with Crippen LogP contribution in [0.4, 0.5) is 4.70 Å². The predicted molar refractivity (Wildman–Crippen MR) is 51.8 cm³/mol. The van der Waals surface area contributed by atoms with Crippen LogP contribution in [0.2, 0.25) is 6.55 Å². The molecule has 0 aliphatic carbocycles. The monoisotopic (exact) mass is 168 g/mol. The Morgan fingerprint density at radius 3 is 2.27 bits per heavy atom. The van der Waals surface area contributed by atoms with Gasteiger partial charge in [-0.3, -0.25) is 4.70 Å². The highest BCUT2D eigenvalue weighted by Crippen LogP contribution is 1.87. The lowest BCUT2D eigenvalue weighted by atomic mass is 10.4. The van der Waals surface area contributed by atoms with Crippen LogP contribution in [0.1, 0.15) is 0 Å². The maximum Gasteiger partial charge on any atom is 0.0903 e. The highest BCUT2D eigenvalue weighted by molar-refractivity contribution is 6.76. The number of hydrogen-bond acceptors (Lipinski definition) is 0. The second-order valence-corrected chi connectivity index (χ2v) is 5.15. The third-order valence-electron chi connectivity index (χ3n) is 1.68. The van der Waals surface area contributed by atoms with Gasteiger partial charge in [-0.2, -0.15) is 0 Å². The highest BCUT2D eigenvalue weighted by atomic mass is 28.3. The smallest absolute Gasteiger partial charge is 0.0903 e. The molecular weight excluding hydrogens is 155 g/mol. The van der Waals surface area contributed by atoms with Gasteiger partial charge in [0, 0.05) is 0 Å². The molecule has 60 valence electrons. The van der Waals surface area contributed by atoms with E-state index < -0.39 is 8.80 Å². The van der Waals surface area contributed by atoms with Gasteiger partial charge in [0.1, 0.15) is 0 Å². The van der Waals surface area contributed by atoms with Gasteiger partial charge in [0.25, 0.3) is 0 Å².